The molecular weight excluding hydrogens is 414 g/mol. The van der Waals surface area contributed by atoms with E-state index in [-0.39, 0.29) is 0 Å². The van der Waals surface area contributed by atoms with E-state index in [0.29, 0.717) is 0 Å². The molecule has 158 valence electrons. The number of methoxy groups -OCH3 is 1. The van der Waals surface area contributed by atoms with Crippen molar-refractivity contribution in [2.24, 2.45) is 0 Å². The lowest BCUT2D eigenvalue weighted by Gasteiger charge is -2.22. The normalized spacial score (nSPS) is 10.9. The van der Waals surface area contributed by atoms with Gasteiger partial charge in [0.2, 0.25) is 0 Å². The molecule has 0 saturated carbocycles. The van der Waals surface area contributed by atoms with E-state index in [1.165, 1.54) is 22.3 Å². The van der Waals surface area contributed by atoms with Crippen molar-refractivity contribution in [1.29, 1.82) is 0 Å². The molecule has 0 bridgehead atoms. The van der Waals surface area contributed by atoms with Crippen molar-refractivity contribution in [3.63, 3.8) is 0 Å². The Balaban J connectivity index is 1.61. The van der Waals surface area contributed by atoms with Gasteiger partial charge in [-0.25, -0.2) is 4.98 Å². The quantitative estimate of drug-likeness (QED) is 0.288. The van der Waals surface area contributed by atoms with Gasteiger partial charge in [-0.3, -0.25) is 4.98 Å². The number of hydrogen-bond donors (Lipinski definition) is 0. The van der Waals surface area contributed by atoms with Crippen LogP contribution in [0.25, 0.3) is 21.3 Å². The third-order valence-corrected chi connectivity index (χ3v) is 6.56. The van der Waals surface area contributed by atoms with Gasteiger partial charge >= 0.3 is 0 Å². The van der Waals surface area contributed by atoms with E-state index in [2.05, 4.69) is 76.6 Å². The Kier molecular flexibility index (Phi) is 5.81. The summed E-state index contributed by atoms with van der Waals surface area (Å²) in [7, 11) is 1.70. The van der Waals surface area contributed by atoms with Gasteiger partial charge < -0.3 is 9.64 Å². The molecule has 0 N–H and O–H groups in total. The van der Waals surface area contributed by atoms with E-state index < -0.39 is 0 Å². The smallest absolute Gasteiger partial charge is 0.187 e. The molecule has 0 aliphatic carbocycles. The second kappa shape index (κ2) is 9.20. The topological polar surface area (TPSA) is 38.2 Å². The highest BCUT2D eigenvalue weighted by molar-refractivity contribution is 7.22. The molecule has 5 rings (SSSR count). The zero-order valence-corrected chi connectivity index (χ0v) is 18.6. The van der Waals surface area contributed by atoms with Crippen molar-refractivity contribution in [3.8, 4) is 16.9 Å². The van der Waals surface area contributed by atoms with Crippen molar-refractivity contribution in [2.75, 3.05) is 12.0 Å². The van der Waals surface area contributed by atoms with Gasteiger partial charge in [0.15, 0.2) is 5.13 Å². The van der Waals surface area contributed by atoms with Gasteiger partial charge in [-0.1, -0.05) is 72.0 Å². The number of aromatic nitrogens is 2. The fourth-order valence-electron chi connectivity index (χ4n) is 3.82. The third kappa shape index (κ3) is 4.20. The second-order valence-electron chi connectivity index (χ2n) is 7.55. The van der Waals surface area contributed by atoms with Gasteiger partial charge in [-0.15, -0.1) is 0 Å². The van der Waals surface area contributed by atoms with Crippen LogP contribution < -0.4 is 9.64 Å². The van der Waals surface area contributed by atoms with Crippen LogP contribution in [0.15, 0.2) is 97.3 Å². The van der Waals surface area contributed by atoms with Crippen molar-refractivity contribution in [3.05, 3.63) is 108 Å². The van der Waals surface area contributed by atoms with Gasteiger partial charge in [0.05, 0.1) is 11.8 Å². The molecule has 0 atom stereocenters. The number of thiazole rings is 1. The molecule has 32 heavy (non-hydrogen) atoms. The minimum atomic E-state index is 0.750. The molecule has 2 aromatic heterocycles. The molecule has 4 nitrogen and oxygen atoms in total. The van der Waals surface area contributed by atoms with Gasteiger partial charge in [-0.2, -0.15) is 0 Å². The van der Waals surface area contributed by atoms with Crippen molar-refractivity contribution in [1.82, 2.24) is 9.97 Å². The lowest BCUT2D eigenvalue weighted by Crippen LogP contribution is -2.21. The molecule has 2 heterocycles. The fourth-order valence-corrected chi connectivity index (χ4v) is 4.94. The maximum absolute atomic E-state index is 5.67. The highest BCUT2D eigenvalue weighted by Gasteiger charge is 2.19. The molecule has 0 aliphatic heterocycles. The summed E-state index contributed by atoms with van der Waals surface area (Å²) >= 11 is 1.71. The van der Waals surface area contributed by atoms with Gasteiger partial charge in [0.1, 0.15) is 11.3 Å². The molecule has 0 saturated heterocycles. The largest absolute Gasteiger partial charge is 0.494 e. The first-order valence-electron chi connectivity index (χ1n) is 10.5. The van der Waals surface area contributed by atoms with Crippen LogP contribution in [0.4, 0.5) is 5.13 Å². The van der Waals surface area contributed by atoms with Crippen LogP contribution in [0, 0.1) is 0 Å². The maximum atomic E-state index is 5.67. The molecule has 0 unspecified atom stereocenters. The summed E-state index contributed by atoms with van der Waals surface area (Å²) < 4.78 is 6.80. The van der Waals surface area contributed by atoms with Crippen LogP contribution in [-0.4, -0.2) is 17.1 Å². The first-order chi connectivity index (χ1) is 15.8. The molecule has 0 amide bonds. The number of pyridine rings is 1. The number of ether oxygens (including phenoxy) is 1. The summed E-state index contributed by atoms with van der Waals surface area (Å²) in [6, 6.07) is 29.2. The Labute approximate surface area is 191 Å². The standard InChI is InChI=1S/C27H23N3OS/c1-31-24-13-12-23(22-10-6-3-7-11-22)26-25(24)29-27(32-26)30(18-20-8-4-2-5-9-20)19-21-14-16-28-17-15-21/h2-17H,18-19H2,1H3. The molecule has 5 aromatic rings. The monoisotopic (exact) mass is 437 g/mol. The van der Waals surface area contributed by atoms with Crippen molar-refractivity contribution < 1.29 is 4.74 Å². The Morgan fingerprint density at radius 1 is 0.781 bits per heavy atom. The van der Waals surface area contributed by atoms with Crippen LogP contribution >= 0.6 is 11.3 Å². The number of anilines is 1. The van der Waals surface area contributed by atoms with Crippen molar-refractivity contribution >= 4 is 26.7 Å². The maximum Gasteiger partial charge on any atom is 0.187 e. The first-order valence-corrected chi connectivity index (χ1v) is 11.3. The minimum absolute atomic E-state index is 0.750. The predicted octanol–water partition coefficient (Wildman–Crippen LogP) is 6.57. The zero-order chi connectivity index (χ0) is 21.8. The van der Waals surface area contributed by atoms with Crippen LogP contribution in [0.3, 0.4) is 0 Å². The molecule has 0 radical (unpaired) electrons. The Hall–Kier alpha value is -3.70. The average Bonchev–Trinajstić information content (AvgIpc) is 3.30. The SMILES string of the molecule is COc1ccc(-c2ccccc2)c2sc(N(Cc3ccccc3)Cc3ccncc3)nc12. The fraction of sp³-hybridized carbons (Fsp3) is 0.111. The summed E-state index contributed by atoms with van der Waals surface area (Å²) in [5.41, 5.74) is 5.70. The average molecular weight is 438 g/mol. The highest BCUT2D eigenvalue weighted by Crippen LogP contribution is 2.41. The van der Waals surface area contributed by atoms with Crippen LogP contribution in [0.2, 0.25) is 0 Å². The minimum Gasteiger partial charge on any atom is -0.494 e. The summed E-state index contributed by atoms with van der Waals surface area (Å²) in [4.78, 5) is 11.6. The summed E-state index contributed by atoms with van der Waals surface area (Å²) in [5, 5.41) is 0.974. The van der Waals surface area contributed by atoms with E-state index in [0.717, 1.165) is 34.2 Å². The number of rotatable bonds is 7. The highest BCUT2D eigenvalue weighted by atomic mass is 32.1. The predicted molar refractivity (Wildman–Crippen MR) is 132 cm³/mol. The number of hydrogen-bond acceptors (Lipinski definition) is 5. The summed E-state index contributed by atoms with van der Waals surface area (Å²) in [6.07, 6.45) is 3.68. The number of nitrogens with zero attached hydrogens (tertiary/aromatic N) is 3. The van der Waals surface area contributed by atoms with Crippen LogP contribution in [0.1, 0.15) is 11.1 Å². The molecule has 0 spiro atoms. The zero-order valence-electron chi connectivity index (χ0n) is 17.8. The van der Waals surface area contributed by atoms with E-state index in [4.69, 9.17) is 9.72 Å². The Morgan fingerprint density at radius 2 is 1.44 bits per heavy atom. The van der Waals surface area contributed by atoms with E-state index >= 15 is 0 Å². The van der Waals surface area contributed by atoms with E-state index in [9.17, 15) is 0 Å². The van der Waals surface area contributed by atoms with Crippen LogP contribution in [0.5, 0.6) is 5.75 Å². The Bertz CT molecular complexity index is 1260. The third-order valence-electron chi connectivity index (χ3n) is 5.41. The van der Waals surface area contributed by atoms with Crippen molar-refractivity contribution in [2.45, 2.75) is 13.1 Å². The van der Waals surface area contributed by atoms with E-state index in [1.54, 1.807) is 18.4 Å². The summed E-state index contributed by atoms with van der Waals surface area (Å²) in [5.74, 6) is 0.797. The Morgan fingerprint density at radius 3 is 2.12 bits per heavy atom. The molecule has 0 aliphatic rings. The number of fused-ring (bicyclic) bond motifs is 1. The molecular formula is C27H23N3OS. The molecule has 3 aromatic carbocycles. The number of benzene rings is 3. The second-order valence-corrected chi connectivity index (χ2v) is 8.53. The van der Waals surface area contributed by atoms with E-state index in [1.807, 2.05) is 30.6 Å². The first kappa shape index (κ1) is 20.2. The lowest BCUT2D eigenvalue weighted by atomic mass is 10.1. The van der Waals surface area contributed by atoms with Gasteiger partial charge in [0.25, 0.3) is 0 Å². The van der Waals surface area contributed by atoms with Crippen LogP contribution in [-0.2, 0) is 13.1 Å². The van der Waals surface area contributed by atoms with Gasteiger partial charge in [0, 0.05) is 31.0 Å². The lowest BCUT2D eigenvalue weighted by molar-refractivity contribution is 0.419. The van der Waals surface area contributed by atoms with Gasteiger partial charge in [-0.05, 0) is 41.0 Å². The summed E-state index contributed by atoms with van der Waals surface area (Å²) in [6.45, 7) is 1.52. The molecule has 0 fully saturated rings. The molecule has 5 heteroatoms.